The van der Waals surface area contributed by atoms with Crippen LogP contribution in [0.1, 0.15) is 24.8 Å². The number of aryl methyl sites for hydroxylation is 1. The summed E-state index contributed by atoms with van der Waals surface area (Å²) in [5, 5.41) is 9.79. The van der Waals surface area contributed by atoms with Gasteiger partial charge in [0.25, 0.3) is 0 Å². The minimum absolute atomic E-state index is 0.0578. The normalized spacial score (nSPS) is 15.2. The van der Waals surface area contributed by atoms with Crippen molar-refractivity contribution < 1.29 is 23.1 Å². The second-order valence-electron chi connectivity index (χ2n) is 4.55. The lowest BCUT2D eigenvalue weighted by Gasteiger charge is -2.30. The Morgan fingerprint density at radius 1 is 1.37 bits per heavy atom. The molecule has 1 aliphatic rings. The van der Waals surface area contributed by atoms with Crippen molar-refractivity contribution in [2.45, 2.75) is 31.9 Å². The molecule has 0 unspecified atom stereocenters. The first-order chi connectivity index (χ1) is 8.88. The van der Waals surface area contributed by atoms with Crippen molar-refractivity contribution in [1.82, 2.24) is 0 Å². The number of aromatic hydroxyl groups is 1. The summed E-state index contributed by atoms with van der Waals surface area (Å²) in [5.41, 5.74) is 1.16. The lowest BCUT2D eigenvalue weighted by molar-refractivity contribution is -0.143. The van der Waals surface area contributed by atoms with Crippen LogP contribution in [0, 0.1) is 0 Å². The summed E-state index contributed by atoms with van der Waals surface area (Å²) in [6, 6.07) is 4.88. The Hall–Kier alpha value is -1.72. The van der Waals surface area contributed by atoms with Gasteiger partial charge in [-0.2, -0.15) is 13.2 Å². The van der Waals surface area contributed by atoms with Crippen LogP contribution in [0.3, 0.4) is 0 Å². The molecule has 1 aromatic rings. The summed E-state index contributed by atoms with van der Waals surface area (Å²) in [7, 11) is 0. The lowest BCUT2D eigenvalue weighted by Crippen LogP contribution is -2.36. The van der Waals surface area contributed by atoms with Gasteiger partial charge in [0, 0.05) is 13.0 Å². The Balaban J connectivity index is 2.17. The predicted octanol–water partition coefficient (Wildman–Crippen LogP) is 3.01. The van der Waals surface area contributed by atoms with E-state index in [1.54, 1.807) is 12.1 Å². The summed E-state index contributed by atoms with van der Waals surface area (Å²) >= 11 is 0. The van der Waals surface area contributed by atoms with Crippen LogP contribution in [-0.4, -0.2) is 23.7 Å². The second kappa shape index (κ2) is 5.11. The van der Waals surface area contributed by atoms with Gasteiger partial charge in [-0.25, -0.2) is 0 Å². The molecule has 0 fully saturated rings. The summed E-state index contributed by atoms with van der Waals surface area (Å²) in [6.45, 7) is 0.348. The van der Waals surface area contributed by atoms with E-state index in [1.165, 1.54) is 11.0 Å². The minimum Gasteiger partial charge on any atom is -0.506 e. The van der Waals surface area contributed by atoms with Crippen LogP contribution < -0.4 is 4.90 Å². The van der Waals surface area contributed by atoms with Gasteiger partial charge in [-0.05, 0) is 24.5 Å². The number of hydrogen-bond donors (Lipinski definition) is 1. The Kier molecular flexibility index (Phi) is 3.68. The van der Waals surface area contributed by atoms with Crippen molar-refractivity contribution in [3.8, 4) is 5.75 Å². The third-order valence-electron chi connectivity index (χ3n) is 3.12. The number of carbonyl (C=O) groups excluding carboxylic acids is 1. The second-order valence-corrected chi connectivity index (χ2v) is 4.55. The van der Waals surface area contributed by atoms with E-state index in [2.05, 4.69) is 0 Å². The predicted molar refractivity (Wildman–Crippen MR) is 64.1 cm³/mol. The number of fused-ring (bicyclic) bond motifs is 1. The third-order valence-corrected chi connectivity index (χ3v) is 3.12. The minimum atomic E-state index is -4.34. The Morgan fingerprint density at radius 2 is 2.11 bits per heavy atom. The number of nitrogens with zero attached hydrogens (tertiary/aromatic N) is 1. The van der Waals surface area contributed by atoms with E-state index in [1.807, 2.05) is 0 Å². The Morgan fingerprint density at radius 3 is 2.79 bits per heavy atom. The molecule has 1 N–H and O–H groups in total. The monoisotopic (exact) mass is 273 g/mol. The number of carbonyl (C=O) groups is 1. The first-order valence-corrected chi connectivity index (χ1v) is 6.06. The molecule has 1 amide bonds. The fourth-order valence-electron chi connectivity index (χ4n) is 2.26. The summed E-state index contributed by atoms with van der Waals surface area (Å²) in [5.74, 6) is -0.655. The molecule has 2 rings (SSSR count). The molecule has 19 heavy (non-hydrogen) atoms. The smallest absolute Gasteiger partial charge is 0.389 e. The van der Waals surface area contributed by atoms with Gasteiger partial charge in [0.05, 0.1) is 12.1 Å². The molecule has 104 valence electrons. The van der Waals surface area contributed by atoms with E-state index in [0.29, 0.717) is 25.1 Å². The molecule has 3 nitrogen and oxygen atoms in total. The third kappa shape index (κ3) is 3.19. The van der Waals surface area contributed by atoms with Gasteiger partial charge < -0.3 is 10.0 Å². The molecule has 0 spiro atoms. The lowest BCUT2D eigenvalue weighted by atomic mass is 10.0. The number of halogens is 3. The number of anilines is 1. The van der Waals surface area contributed by atoms with Gasteiger partial charge >= 0.3 is 6.18 Å². The molecule has 1 heterocycles. The fourth-order valence-corrected chi connectivity index (χ4v) is 2.26. The van der Waals surface area contributed by atoms with Crippen molar-refractivity contribution in [3.63, 3.8) is 0 Å². The van der Waals surface area contributed by atoms with Crippen LogP contribution in [0.4, 0.5) is 18.9 Å². The van der Waals surface area contributed by atoms with Gasteiger partial charge in [-0.15, -0.1) is 0 Å². The Bertz CT molecular complexity index is 485. The summed E-state index contributed by atoms with van der Waals surface area (Å²) < 4.78 is 36.4. The number of hydrogen-bond acceptors (Lipinski definition) is 2. The summed E-state index contributed by atoms with van der Waals surface area (Å²) in [6.07, 6.45) is -4.66. The van der Waals surface area contributed by atoms with Crippen LogP contribution >= 0.6 is 0 Å². The summed E-state index contributed by atoms with van der Waals surface area (Å²) in [4.78, 5) is 13.1. The topological polar surface area (TPSA) is 40.5 Å². The maximum absolute atomic E-state index is 12.1. The van der Waals surface area contributed by atoms with Crippen LogP contribution in [-0.2, 0) is 11.2 Å². The molecule has 0 aliphatic carbocycles. The van der Waals surface area contributed by atoms with Crippen LogP contribution in [0.5, 0.6) is 5.75 Å². The zero-order valence-corrected chi connectivity index (χ0v) is 10.2. The average molecular weight is 273 g/mol. The number of alkyl halides is 3. The molecule has 0 radical (unpaired) electrons. The zero-order chi connectivity index (χ0) is 14.0. The maximum Gasteiger partial charge on any atom is 0.389 e. The number of benzene rings is 1. The van der Waals surface area contributed by atoms with Gasteiger partial charge in [0.1, 0.15) is 5.75 Å². The highest BCUT2D eigenvalue weighted by atomic mass is 19.4. The Labute approximate surface area is 108 Å². The van der Waals surface area contributed by atoms with E-state index in [4.69, 9.17) is 0 Å². The van der Waals surface area contributed by atoms with Crippen molar-refractivity contribution in [1.29, 1.82) is 0 Å². The molecule has 1 aromatic carbocycles. The van der Waals surface area contributed by atoms with Crippen molar-refractivity contribution in [2.24, 2.45) is 0 Å². The van der Waals surface area contributed by atoms with E-state index >= 15 is 0 Å². The average Bonchev–Trinajstić information content (AvgIpc) is 2.35. The highest BCUT2D eigenvalue weighted by Gasteiger charge is 2.31. The highest BCUT2D eigenvalue weighted by molar-refractivity contribution is 5.96. The highest BCUT2D eigenvalue weighted by Crippen LogP contribution is 2.36. The van der Waals surface area contributed by atoms with E-state index in [-0.39, 0.29) is 5.75 Å². The fraction of sp³-hybridized carbons (Fsp3) is 0.462. The van der Waals surface area contributed by atoms with E-state index < -0.39 is 24.9 Å². The quantitative estimate of drug-likeness (QED) is 0.899. The van der Waals surface area contributed by atoms with Crippen LogP contribution in [0.2, 0.25) is 0 Å². The van der Waals surface area contributed by atoms with E-state index in [0.717, 1.165) is 5.56 Å². The number of para-hydroxylation sites is 1. The first-order valence-electron chi connectivity index (χ1n) is 6.06. The molecule has 0 bridgehead atoms. The molecule has 0 aromatic heterocycles. The molecular formula is C13H14F3NO2. The van der Waals surface area contributed by atoms with Crippen molar-refractivity contribution in [2.75, 3.05) is 11.4 Å². The largest absolute Gasteiger partial charge is 0.506 e. The zero-order valence-electron chi connectivity index (χ0n) is 10.2. The van der Waals surface area contributed by atoms with Gasteiger partial charge in [0.15, 0.2) is 0 Å². The number of rotatable bonds is 2. The molecule has 0 atom stereocenters. The van der Waals surface area contributed by atoms with Crippen molar-refractivity contribution in [3.05, 3.63) is 23.8 Å². The van der Waals surface area contributed by atoms with E-state index in [9.17, 15) is 23.1 Å². The SMILES string of the molecule is O=C(CCC(F)(F)F)N1CCCc2cccc(O)c21. The van der Waals surface area contributed by atoms with Crippen molar-refractivity contribution >= 4 is 11.6 Å². The number of phenolic OH excluding ortho intramolecular Hbond substituents is 1. The number of amides is 1. The standard InChI is InChI=1S/C13H14F3NO2/c14-13(15,16)7-6-11(19)17-8-2-4-9-3-1-5-10(18)12(9)17/h1,3,5,18H,2,4,6-8H2. The molecular weight excluding hydrogens is 259 g/mol. The van der Waals surface area contributed by atoms with Gasteiger partial charge in [0.2, 0.25) is 5.91 Å². The molecule has 6 heteroatoms. The number of phenols is 1. The van der Waals surface area contributed by atoms with Crippen LogP contribution in [0.15, 0.2) is 18.2 Å². The van der Waals surface area contributed by atoms with Gasteiger partial charge in [-0.3, -0.25) is 4.79 Å². The molecule has 1 aliphatic heterocycles. The van der Waals surface area contributed by atoms with Gasteiger partial charge in [-0.1, -0.05) is 12.1 Å². The molecule has 0 saturated carbocycles. The van der Waals surface area contributed by atoms with Crippen LogP contribution in [0.25, 0.3) is 0 Å². The first kappa shape index (κ1) is 13.7. The maximum atomic E-state index is 12.1. The molecule has 0 saturated heterocycles.